The third-order valence-corrected chi connectivity index (χ3v) is 2.68. The number of rotatable bonds is 6. The van der Waals surface area contributed by atoms with Crippen molar-refractivity contribution in [3.8, 4) is 0 Å². The van der Waals surface area contributed by atoms with E-state index < -0.39 is 0 Å². The molecule has 82 valence electrons. The van der Waals surface area contributed by atoms with Gasteiger partial charge in [-0.25, -0.2) is 0 Å². The van der Waals surface area contributed by atoms with E-state index in [4.69, 9.17) is 10.5 Å². The van der Waals surface area contributed by atoms with Crippen molar-refractivity contribution in [2.75, 3.05) is 33.4 Å². The highest BCUT2D eigenvalue weighted by Crippen LogP contribution is 2.21. The van der Waals surface area contributed by atoms with Gasteiger partial charge < -0.3 is 15.4 Å². The predicted octanol–water partition coefficient (Wildman–Crippen LogP) is 0.220. The van der Waals surface area contributed by atoms with Gasteiger partial charge in [-0.2, -0.15) is 0 Å². The van der Waals surface area contributed by atoms with Crippen LogP contribution in [0.2, 0.25) is 0 Å². The third-order valence-electron chi connectivity index (χ3n) is 2.68. The van der Waals surface area contributed by atoms with Crippen molar-refractivity contribution < 1.29 is 9.53 Å². The lowest BCUT2D eigenvalue weighted by Crippen LogP contribution is -2.28. The Hall–Kier alpha value is -0.610. The topological polar surface area (TPSA) is 55.6 Å². The summed E-state index contributed by atoms with van der Waals surface area (Å²) in [5.74, 6) is 0.784. The molecule has 1 aliphatic heterocycles. The minimum atomic E-state index is 0.268. The first-order valence-electron chi connectivity index (χ1n) is 5.24. The molecule has 14 heavy (non-hydrogen) atoms. The van der Waals surface area contributed by atoms with Crippen LogP contribution in [0.15, 0.2) is 0 Å². The van der Waals surface area contributed by atoms with Crippen LogP contribution in [0.25, 0.3) is 0 Å². The van der Waals surface area contributed by atoms with Crippen LogP contribution in [-0.4, -0.2) is 44.2 Å². The number of carbonyl (C=O) groups excluding carboxylic acids is 1. The van der Waals surface area contributed by atoms with Crippen molar-refractivity contribution in [2.45, 2.75) is 19.3 Å². The molecule has 1 heterocycles. The van der Waals surface area contributed by atoms with E-state index >= 15 is 0 Å². The Morgan fingerprint density at radius 2 is 2.43 bits per heavy atom. The largest absolute Gasteiger partial charge is 0.383 e. The van der Waals surface area contributed by atoms with Crippen molar-refractivity contribution >= 4 is 5.91 Å². The van der Waals surface area contributed by atoms with Gasteiger partial charge in [-0.1, -0.05) is 0 Å². The van der Waals surface area contributed by atoms with Crippen molar-refractivity contribution in [2.24, 2.45) is 11.7 Å². The number of likely N-dealkylation sites (tertiary alicyclic amines) is 1. The molecule has 0 saturated carbocycles. The Morgan fingerprint density at radius 1 is 1.64 bits per heavy atom. The Bertz CT molecular complexity index is 185. The summed E-state index contributed by atoms with van der Waals surface area (Å²) in [5, 5.41) is 0. The molecule has 2 N–H and O–H groups in total. The van der Waals surface area contributed by atoms with Gasteiger partial charge >= 0.3 is 0 Å². The number of methoxy groups -OCH3 is 1. The summed E-state index contributed by atoms with van der Waals surface area (Å²) in [5.41, 5.74) is 5.44. The van der Waals surface area contributed by atoms with E-state index in [1.807, 2.05) is 4.90 Å². The van der Waals surface area contributed by atoms with E-state index in [-0.39, 0.29) is 5.91 Å². The molecule has 4 nitrogen and oxygen atoms in total. The van der Waals surface area contributed by atoms with Gasteiger partial charge in [-0.15, -0.1) is 0 Å². The standard InChI is InChI=1S/C10H20N2O2/c1-14-6-5-12-8-9(3-2-4-11)7-10(12)13/h9H,2-8,11H2,1H3. The Morgan fingerprint density at radius 3 is 3.07 bits per heavy atom. The molecule has 1 fully saturated rings. The molecule has 1 atom stereocenters. The van der Waals surface area contributed by atoms with Crippen LogP contribution >= 0.6 is 0 Å². The van der Waals surface area contributed by atoms with Gasteiger partial charge in [-0.05, 0) is 25.3 Å². The first kappa shape index (κ1) is 11.5. The lowest BCUT2D eigenvalue weighted by Gasteiger charge is -2.15. The summed E-state index contributed by atoms with van der Waals surface area (Å²) in [7, 11) is 1.66. The molecule has 0 spiro atoms. The van der Waals surface area contributed by atoms with Crippen LogP contribution in [0.5, 0.6) is 0 Å². The summed E-state index contributed by atoms with van der Waals surface area (Å²) in [4.78, 5) is 13.4. The van der Waals surface area contributed by atoms with Crippen molar-refractivity contribution in [1.29, 1.82) is 0 Å². The summed E-state index contributed by atoms with van der Waals surface area (Å²) in [6.07, 6.45) is 2.80. The number of carbonyl (C=O) groups is 1. The second-order valence-electron chi connectivity index (χ2n) is 3.83. The second-order valence-corrected chi connectivity index (χ2v) is 3.83. The first-order chi connectivity index (χ1) is 6.77. The molecular weight excluding hydrogens is 180 g/mol. The molecule has 0 aromatic heterocycles. The maximum absolute atomic E-state index is 11.5. The Labute approximate surface area is 85.4 Å². The smallest absolute Gasteiger partial charge is 0.223 e. The van der Waals surface area contributed by atoms with Gasteiger partial charge in [-0.3, -0.25) is 4.79 Å². The van der Waals surface area contributed by atoms with Crippen LogP contribution in [0, 0.1) is 5.92 Å². The lowest BCUT2D eigenvalue weighted by atomic mass is 10.0. The molecule has 0 aromatic rings. The van der Waals surface area contributed by atoms with Crippen molar-refractivity contribution in [3.05, 3.63) is 0 Å². The fraction of sp³-hybridized carbons (Fsp3) is 0.900. The van der Waals surface area contributed by atoms with Crippen LogP contribution in [0.4, 0.5) is 0 Å². The fourth-order valence-electron chi connectivity index (χ4n) is 1.87. The van der Waals surface area contributed by atoms with Crippen LogP contribution in [-0.2, 0) is 9.53 Å². The Balaban J connectivity index is 2.24. The highest BCUT2D eigenvalue weighted by Gasteiger charge is 2.28. The van der Waals surface area contributed by atoms with Crippen molar-refractivity contribution in [1.82, 2.24) is 4.90 Å². The minimum absolute atomic E-state index is 0.268. The molecule has 1 aliphatic rings. The molecule has 0 aliphatic carbocycles. The number of ether oxygens (including phenoxy) is 1. The molecule has 1 unspecified atom stereocenters. The lowest BCUT2D eigenvalue weighted by molar-refractivity contribution is -0.128. The fourth-order valence-corrected chi connectivity index (χ4v) is 1.87. The van der Waals surface area contributed by atoms with E-state index in [0.717, 1.165) is 32.5 Å². The van der Waals surface area contributed by atoms with E-state index in [1.54, 1.807) is 7.11 Å². The van der Waals surface area contributed by atoms with Crippen molar-refractivity contribution in [3.63, 3.8) is 0 Å². The maximum atomic E-state index is 11.5. The number of nitrogens with two attached hydrogens (primary N) is 1. The number of amides is 1. The minimum Gasteiger partial charge on any atom is -0.383 e. The molecule has 0 aromatic carbocycles. The van der Waals surface area contributed by atoms with Gasteiger partial charge in [0, 0.05) is 26.6 Å². The van der Waals surface area contributed by atoms with E-state index in [0.29, 0.717) is 18.9 Å². The molecular formula is C10H20N2O2. The summed E-state index contributed by atoms with van der Waals surface area (Å²) >= 11 is 0. The maximum Gasteiger partial charge on any atom is 0.223 e. The molecule has 1 saturated heterocycles. The van der Waals surface area contributed by atoms with E-state index in [9.17, 15) is 4.79 Å². The highest BCUT2D eigenvalue weighted by atomic mass is 16.5. The number of nitrogens with zero attached hydrogens (tertiary/aromatic N) is 1. The molecule has 4 heteroatoms. The Kier molecular flexibility index (Phi) is 4.90. The van der Waals surface area contributed by atoms with Crippen LogP contribution < -0.4 is 5.73 Å². The van der Waals surface area contributed by atoms with Gasteiger partial charge in [0.15, 0.2) is 0 Å². The third kappa shape index (κ3) is 3.27. The average molecular weight is 200 g/mol. The number of hydrogen-bond acceptors (Lipinski definition) is 3. The van der Waals surface area contributed by atoms with E-state index in [1.165, 1.54) is 0 Å². The van der Waals surface area contributed by atoms with Gasteiger partial charge in [0.2, 0.25) is 5.91 Å². The quantitative estimate of drug-likeness (QED) is 0.667. The normalized spacial score (nSPS) is 22.0. The monoisotopic (exact) mass is 200 g/mol. The zero-order valence-electron chi connectivity index (χ0n) is 8.87. The van der Waals surface area contributed by atoms with Gasteiger partial charge in [0.05, 0.1) is 6.61 Å². The zero-order valence-corrected chi connectivity index (χ0v) is 8.87. The van der Waals surface area contributed by atoms with Crippen LogP contribution in [0.3, 0.4) is 0 Å². The zero-order chi connectivity index (χ0) is 10.4. The molecule has 1 amide bonds. The molecule has 0 radical (unpaired) electrons. The highest BCUT2D eigenvalue weighted by molar-refractivity contribution is 5.78. The van der Waals surface area contributed by atoms with Crippen LogP contribution in [0.1, 0.15) is 19.3 Å². The molecule has 1 rings (SSSR count). The second kappa shape index (κ2) is 5.98. The molecule has 0 bridgehead atoms. The van der Waals surface area contributed by atoms with E-state index in [2.05, 4.69) is 0 Å². The first-order valence-corrected chi connectivity index (χ1v) is 5.24. The SMILES string of the molecule is COCCN1CC(CCCN)CC1=O. The summed E-state index contributed by atoms with van der Waals surface area (Å²) in [6, 6.07) is 0. The average Bonchev–Trinajstić information content (AvgIpc) is 2.53. The summed E-state index contributed by atoms with van der Waals surface area (Å²) < 4.78 is 4.95. The van der Waals surface area contributed by atoms with Gasteiger partial charge in [0.1, 0.15) is 0 Å². The number of hydrogen-bond donors (Lipinski definition) is 1. The summed E-state index contributed by atoms with van der Waals surface area (Å²) in [6.45, 7) is 2.98. The van der Waals surface area contributed by atoms with Gasteiger partial charge in [0.25, 0.3) is 0 Å². The predicted molar refractivity (Wildman–Crippen MR) is 54.9 cm³/mol.